The van der Waals surface area contributed by atoms with Crippen LogP contribution in [0.5, 0.6) is 0 Å². The second-order valence-corrected chi connectivity index (χ2v) is 13.2. The molecule has 6 heteroatoms. The van der Waals surface area contributed by atoms with Gasteiger partial charge in [0.05, 0.1) is 11.0 Å². The maximum absolute atomic E-state index is 6.14. The van der Waals surface area contributed by atoms with Gasteiger partial charge in [-0.3, -0.25) is 4.57 Å². The highest BCUT2D eigenvalue weighted by atomic mass is 16.3. The Kier molecular flexibility index (Phi) is 5.82. The lowest BCUT2D eigenvalue weighted by atomic mass is 9.82. The zero-order valence-electron chi connectivity index (χ0n) is 26.9. The van der Waals surface area contributed by atoms with Gasteiger partial charge in [0.2, 0.25) is 11.8 Å². The number of hydrogen-bond acceptors (Lipinski definition) is 5. The van der Waals surface area contributed by atoms with Crippen LogP contribution < -0.4 is 0 Å². The maximum Gasteiger partial charge on any atom is 0.238 e. The first-order valence-electron chi connectivity index (χ1n) is 16.5. The van der Waals surface area contributed by atoms with Gasteiger partial charge in [0.1, 0.15) is 5.52 Å². The molecule has 10 rings (SSSR count). The number of hydrogen-bond donors (Lipinski definition) is 0. The van der Waals surface area contributed by atoms with Gasteiger partial charge >= 0.3 is 0 Å². The second kappa shape index (κ2) is 10.3. The van der Waals surface area contributed by atoms with Crippen LogP contribution in [0, 0.1) is 0 Å². The number of oxazole rings is 1. The van der Waals surface area contributed by atoms with E-state index in [-0.39, 0.29) is 5.41 Å². The van der Waals surface area contributed by atoms with E-state index >= 15 is 0 Å². The molecule has 0 radical (unpaired) electrons. The van der Waals surface area contributed by atoms with Crippen LogP contribution in [0.3, 0.4) is 0 Å². The number of para-hydroxylation sites is 2. The Hall–Kier alpha value is -6.40. The molecule has 3 heterocycles. The van der Waals surface area contributed by atoms with Crippen molar-refractivity contribution in [3.05, 3.63) is 151 Å². The van der Waals surface area contributed by atoms with Crippen LogP contribution in [0.15, 0.2) is 144 Å². The van der Waals surface area contributed by atoms with Crippen molar-refractivity contribution < 1.29 is 4.42 Å². The van der Waals surface area contributed by atoms with E-state index in [0.717, 1.165) is 44.0 Å². The van der Waals surface area contributed by atoms with E-state index in [1.54, 1.807) is 0 Å². The molecular weight excluding hydrogens is 603 g/mol. The minimum Gasteiger partial charge on any atom is -0.436 e. The fourth-order valence-electron chi connectivity index (χ4n) is 7.48. The third-order valence-electron chi connectivity index (χ3n) is 9.91. The Balaban J connectivity index is 1.20. The summed E-state index contributed by atoms with van der Waals surface area (Å²) in [4.78, 5) is 20.3. The molecule has 232 valence electrons. The molecule has 1 aliphatic rings. The van der Waals surface area contributed by atoms with E-state index in [1.165, 1.54) is 22.3 Å². The summed E-state index contributed by atoms with van der Waals surface area (Å²) in [6, 6.07) is 48.0. The Morgan fingerprint density at radius 1 is 0.510 bits per heavy atom. The number of nitrogens with zero attached hydrogens (tertiary/aromatic N) is 5. The van der Waals surface area contributed by atoms with Crippen molar-refractivity contribution in [2.24, 2.45) is 0 Å². The van der Waals surface area contributed by atoms with Crippen LogP contribution >= 0.6 is 0 Å². The Morgan fingerprint density at radius 2 is 1.12 bits per heavy atom. The number of fused-ring (bicyclic) bond motifs is 7. The predicted octanol–water partition coefficient (Wildman–Crippen LogP) is 10.4. The van der Waals surface area contributed by atoms with Crippen LogP contribution in [0.25, 0.3) is 84.2 Å². The van der Waals surface area contributed by atoms with Gasteiger partial charge in [-0.1, -0.05) is 105 Å². The minimum absolute atomic E-state index is 0.151. The third-order valence-corrected chi connectivity index (χ3v) is 9.91. The molecule has 6 aromatic carbocycles. The standard InChI is InChI=1S/C43H29N5O/c1-43(2)33-17-9-6-14-29(33)30-22-20-27(24-34(30)43)39-45-40(28-21-23-38-35(25-28)44-41(49-38)26-12-4-3-5-13-26)47-42(46-39)48-36-18-10-7-15-31(36)32-16-8-11-19-37(32)48/h3-25H,1-2H3. The van der Waals surface area contributed by atoms with Crippen molar-refractivity contribution in [3.8, 4) is 51.3 Å². The summed E-state index contributed by atoms with van der Waals surface area (Å²) < 4.78 is 8.28. The first-order valence-corrected chi connectivity index (χ1v) is 16.5. The van der Waals surface area contributed by atoms with Gasteiger partial charge in [0.25, 0.3) is 0 Å². The molecule has 0 aliphatic heterocycles. The average Bonchev–Trinajstić information content (AvgIpc) is 3.80. The second-order valence-electron chi connectivity index (χ2n) is 13.2. The molecule has 9 aromatic rings. The number of benzene rings is 6. The lowest BCUT2D eigenvalue weighted by molar-refractivity contribution is 0.620. The fraction of sp³-hybridized carbons (Fsp3) is 0.0698. The molecule has 0 unspecified atom stereocenters. The quantitative estimate of drug-likeness (QED) is 0.193. The summed E-state index contributed by atoms with van der Waals surface area (Å²) in [5.41, 5.74) is 11.2. The van der Waals surface area contributed by atoms with Crippen molar-refractivity contribution in [3.63, 3.8) is 0 Å². The van der Waals surface area contributed by atoms with E-state index in [1.807, 2.05) is 48.5 Å². The largest absolute Gasteiger partial charge is 0.436 e. The lowest BCUT2D eigenvalue weighted by Crippen LogP contribution is -2.15. The van der Waals surface area contributed by atoms with Crippen LogP contribution in [-0.4, -0.2) is 24.5 Å². The van der Waals surface area contributed by atoms with Gasteiger partial charge in [-0.05, 0) is 70.8 Å². The predicted molar refractivity (Wildman–Crippen MR) is 196 cm³/mol. The van der Waals surface area contributed by atoms with Crippen molar-refractivity contribution in [1.29, 1.82) is 0 Å². The van der Waals surface area contributed by atoms with E-state index in [0.29, 0.717) is 29.1 Å². The Labute approximate surface area is 282 Å². The minimum atomic E-state index is -0.151. The summed E-state index contributed by atoms with van der Waals surface area (Å²) in [6.45, 7) is 4.58. The van der Waals surface area contributed by atoms with Gasteiger partial charge in [0.15, 0.2) is 17.2 Å². The Bertz CT molecular complexity index is 2700. The number of rotatable bonds is 4. The topological polar surface area (TPSA) is 69.6 Å². The zero-order chi connectivity index (χ0) is 32.7. The van der Waals surface area contributed by atoms with Crippen molar-refractivity contribution in [2.75, 3.05) is 0 Å². The summed E-state index contributed by atoms with van der Waals surface area (Å²) in [5.74, 6) is 2.32. The normalized spacial score (nSPS) is 13.3. The van der Waals surface area contributed by atoms with E-state index in [4.69, 9.17) is 24.4 Å². The summed E-state index contributed by atoms with van der Waals surface area (Å²) in [6.07, 6.45) is 0. The van der Waals surface area contributed by atoms with Gasteiger partial charge < -0.3 is 4.42 Å². The molecule has 0 fully saturated rings. The molecule has 0 amide bonds. The SMILES string of the molecule is CC1(C)c2ccccc2-c2ccc(-c3nc(-c4ccc5oc(-c6ccccc6)nc5c4)nc(-n4c5ccccc5c5ccccc54)n3)cc21. The van der Waals surface area contributed by atoms with Crippen molar-refractivity contribution in [2.45, 2.75) is 19.3 Å². The zero-order valence-corrected chi connectivity index (χ0v) is 26.9. The molecule has 1 aliphatic carbocycles. The summed E-state index contributed by atoms with van der Waals surface area (Å²) in [5, 5.41) is 2.30. The smallest absolute Gasteiger partial charge is 0.238 e. The Morgan fingerprint density at radius 3 is 1.88 bits per heavy atom. The number of aromatic nitrogens is 5. The van der Waals surface area contributed by atoms with Gasteiger partial charge in [-0.15, -0.1) is 0 Å². The molecule has 0 N–H and O–H groups in total. The molecule has 0 spiro atoms. The van der Waals surface area contributed by atoms with Crippen LogP contribution in [0.4, 0.5) is 0 Å². The lowest BCUT2D eigenvalue weighted by Gasteiger charge is -2.21. The van der Waals surface area contributed by atoms with E-state index in [9.17, 15) is 0 Å². The van der Waals surface area contributed by atoms with Crippen molar-refractivity contribution >= 4 is 32.9 Å². The maximum atomic E-state index is 6.14. The molecule has 0 saturated carbocycles. The van der Waals surface area contributed by atoms with Gasteiger partial charge in [-0.25, -0.2) is 9.97 Å². The molecule has 0 saturated heterocycles. The van der Waals surface area contributed by atoms with E-state index in [2.05, 4.69) is 109 Å². The summed E-state index contributed by atoms with van der Waals surface area (Å²) >= 11 is 0. The highest BCUT2D eigenvalue weighted by molar-refractivity contribution is 6.09. The van der Waals surface area contributed by atoms with Crippen LogP contribution in [0.1, 0.15) is 25.0 Å². The van der Waals surface area contributed by atoms with Crippen molar-refractivity contribution in [1.82, 2.24) is 24.5 Å². The molecule has 0 bridgehead atoms. The highest BCUT2D eigenvalue weighted by Gasteiger charge is 2.35. The van der Waals surface area contributed by atoms with Gasteiger partial charge in [-0.2, -0.15) is 9.97 Å². The van der Waals surface area contributed by atoms with Gasteiger partial charge in [0, 0.05) is 32.9 Å². The average molecular weight is 632 g/mol. The third kappa shape index (κ3) is 4.20. The monoisotopic (exact) mass is 631 g/mol. The first-order chi connectivity index (χ1) is 24.0. The molecule has 6 nitrogen and oxygen atoms in total. The highest BCUT2D eigenvalue weighted by Crippen LogP contribution is 2.49. The van der Waals surface area contributed by atoms with Crippen LogP contribution in [0.2, 0.25) is 0 Å². The fourth-order valence-corrected chi connectivity index (χ4v) is 7.48. The molecular formula is C43H29N5O. The summed E-state index contributed by atoms with van der Waals surface area (Å²) in [7, 11) is 0. The van der Waals surface area contributed by atoms with E-state index < -0.39 is 0 Å². The van der Waals surface area contributed by atoms with Crippen LogP contribution in [-0.2, 0) is 5.41 Å². The molecule has 0 atom stereocenters. The first kappa shape index (κ1) is 27.7. The molecule has 3 aromatic heterocycles. The molecule has 49 heavy (non-hydrogen) atoms.